The van der Waals surface area contributed by atoms with E-state index in [1.54, 1.807) is 0 Å². The molecule has 6 heteroatoms. The maximum Gasteiger partial charge on any atom is 0.0602 e. The van der Waals surface area contributed by atoms with Gasteiger partial charge >= 0.3 is 0 Å². The first-order valence-electron chi connectivity index (χ1n) is 21.5. The minimum Gasteiger partial charge on any atom is -0.340 e. The van der Waals surface area contributed by atoms with Crippen molar-refractivity contribution in [3.8, 4) is 45.3 Å². The van der Waals surface area contributed by atoms with Gasteiger partial charge in [-0.2, -0.15) is 0 Å². The molecule has 9 aromatic rings. The summed E-state index contributed by atoms with van der Waals surface area (Å²) in [5.41, 5.74) is 15.9. The van der Waals surface area contributed by atoms with Crippen molar-refractivity contribution in [2.24, 2.45) is 5.92 Å². The van der Waals surface area contributed by atoms with Gasteiger partial charge in [-0.3, -0.25) is 9.97 Å². The van der Waals surface area contributed by atoms with Gasteiger partial charge in [0.05, 0.1) is 11.6 Å². The van der Waals surface area contributed by atoms with Crippen molar-refractivity contribution in [2.45, 2.75) is 80.7 Å². The van der Waals surface area contributed by atoms with Gasteiger partial charge in [-0.05, 0) is 105 Å². The number of para-hydroxylation sites is 1. The summed E-state index contributed by atoms with van der Waals surface area (Å²) in [6.07, 6.45) is 12.8. The smallest absolute Gasteiger partial charge is 0.0602 e. The second-order valence-electron chi connectivity index (χ2n) is 16.3. The number of benzene rings is 6. The maximum absolute atomic E-state index is 4.67. The van der Waals surface area contributed by atoms with Crippen LogP contribution in [0.15, 0.2) is 140 Å². The van der Waals surface area contributed by atoms with Gasteiger partial charge < -0.3 is 13.7 Å². The first-order chi connectivity index (χ1) is 29.2. The van der Waals surface area contributed by atoms with Crippen LogP contribution in [-0.2, 0) is 26.7 Å². The van der Waals surface area contributed by atoms with E-state index in [1.165, 1.54) is 97.8 Å². The molecule has 0 amide bonds. The van der Waals surface area contributed by atoms with Gasteiger partial charge in [0, 0.05) is 84.6 Å². The molecule has 311 valence electrons. The summed E-state index contributed by atoms with van der Waals surface area (Å²) in [5, 5.41) is 2.69. The molecule has 0 spiro atoms. The predicted molar refractivity (Wildman–Crippen MR) is 251 cm³/mol. The second kappa shape index (κ2) is 19.3. The first-order valence-corrected chi connectivity index (χ1v) is 21.5. The fourth-order valence-electron chi connectivity index (χ4n) is 9.09. The minimum atomic E-state index is 0. The van der Waals surface area contributed by atoms with Gasteiger partial charge in [-0.15, -0.1) is 71.8 Å². The molecule has 0 N–H and O–H groups in total. The molecule has 5 nitrogen and oxygen atoms in total. The van der Waals surface area contributed by atoms with E-state index < -0.39 is 0 Å². The Morgan fingerprint density at radius 3 is 1.66 bits per heavy atom. The van der Waals surface area contributed by atoms with Crippen molar-refractivity contribution in [2.75, 3.05) is 0 Å². The van der Waals surface area contributed by atoms with Gasteiger partial charge in [0.25, 0.3) is 0 Å². The van der Waals surface area contributed by atoms with Crippen LogP contribution in [0.5, 0.6) is 0 Å². The number of aryl methyl sites for hydroxylation is 5. The molecule has 0 aliphatic rings. The summed E-state index contributed by atoms with van der Waals surface area (Å²) < 4.78 is 6.93. The van der Waals surface area contributed by atoms with E-state index in [0.29, 0.717) is 5.92 Å². The molecular weight excluding hydrogens is 923 g/mol. The van der Waals surface area contributed by atoms with Crippen LogP contribution in [0.3, 0.4) is 0 Å². The zero-order chi connectivity index (χ0) is 41.8. The van der Waals surface area contributed by atoms with E-state index in [9.17, 15) is 0 Å². The topological polar surface area (TPSA) is 40.6 Å². The molecule has 3 heterocycles. The molecule has 0 fully saturated rings. The molecule has 0 saturated heterocycles. The molecule has 1 unspecified atom stereocenters. The Hall–Kier alpha value is -5.81. The van der Waals surface area contributed by atoms with Gasteiger partial charge in [-0.1, -0.05) is 81.1 Å². The van der Waals surface area contributed by atoms with E-state index in [4.69, 9.17) is 0 Å². The van der Waals surface area contributed by atoms with Crippen molar-refractivity contribution in [3.63, 3.8) is 0 Å². The summed E-state index contributed by atoms with van der Waals surface area (Å²) in [5.74, 6) is 2.54. The van der Waals surface area contributed by atoms with E-state index in [1.807, 2.05) is 61.1 Å². The molecule has 9 rings (SSSR count). The van der Waals surface area contributed by atoms with E-state index in [-0.39, 0.29) is 20.1 Å². The third-order valence-electron chi connectivity index (χ3n) is 11.9. The Kier molecular flexibility index (Phi) is 13.7. The van der Waals surface area contributed by atoms with Crippen LogP contribution in [0.4, 0.5) is 0 Å². The monoisotopic (exact) mass is 978 g/mol. The van der Waals surface area contributed by atoms with Gasteiger partial charge in [0.15, 0.2) is 0 Å². The van der Waals surface area contributed by atoms with Crippen molar-refractivity contribution in [1.29, 1.82) is 0 Å². The van der Waals surface area contributed by atoms with E-state index in [0.717, 1.165) is 29.3 Å². The fourth-order valence-corrected chi connectivity index (χ4v) is 9.09. The molecule has 3 aromatic heterocycles. The third kappa shape index (κ3) is 8.98. The van der Waals surface area contributed by atoms with Crippen molar-refractivity contribution in [3.05, 3.63) is 180 Å². The first kappa shape index (κ1) is 43.3. The Bertz CT molecular complexity index is 2830. The van der Waals surface area contributed by atoms with Gasteiger partial charge in [-0.25, -0.2) is 0 Å². The average molecular weight is 978 g/mol. The molecule has 0 bridgehead atoms. The van der Waals surface area contributed by atoms with E-state index in [2.05, 4.69) is 163 Å². The molecule has 0 aliphatic heterocycles. The average Bonchev–Trinajstić information content (AvgIpc) is 4.01. The van der Waals surface area contributed by atoms with Crippen LogP contribution in [0, 0.1) is 52.7 Å². The zero-order valence-corrected chi connectivity index (χ0v) is 38.9. The van der Waals surface area contributed by atoms with Crippen LogP contribution in [0.1, 0.15) is 67.3 Å². The Labute approximate surface area is 375 Å². The Morgan fingerprint density at radius 2 is 1.11 bits per heavy atom. The molecule has 61 heavy (non-hydrogen) atoms. The van der Waals surface area contributed by atoms with Crippen molar-refractivity contribution in [1.82, 2.24) is 23.7 Å². The second-order valence-corrected chi connectivity index (χ2v) is 16.3. The molecule has 6 aromatic carbocycles. The Morgan fingerprint density at radius 1 is 0.574 bits per heavy atom. The van der Waals surface area contributed by atoms with Crippen LogP contribution < -0.4 is 0 Å². The summed E-state index contributed by atoms with van der Waals surface area (Å²) in [6, 6.07) is 47.6. The van der Waals surface area contributed by atoms with E-state index >= 15 is 0 Å². The number of imidazole rings is 2. The van der Waals surface area contributed by atoms with Crippen LogP contribution in [-0.4, -0.2) is 23.7 Å². The molecule has 0 aliphatic carbocycles. The largest absolute Gasteiger partial charge is 0.340 e. The quantitative estimate of drug-likeness (QED) is 0.121. The number of fused-ring (bicyclic) bond motifs is 3. The van der Waals surface area contributed by atoms with Gasteiger partial charge in [0.1, 0.15) is 0 Å². The number of aromatic nitrogens is 5. The standard InChI is InChI=1S/C37H38N3.C18H17N2.Ir/c1-5-7-13-28(6-2)25-40-34-17-12-11-16-32(34)33-19-18-30(24-35(33)40)31-22-26(3)36(27(4)23-31)39-21-20-38-37(39)29-14-9-8-10-15-29;1-13-11-14(2)17(15(3)12-13)20-10-9-19-18(20)16-7-5-4-6-8-16;/h8-12,14,16-24,28H,5-7,13,25H2,1-4H3;4-7,9-12H,1-3H3;/q2*-1;. The number of hydrogen-bond donors (Lipinski definition) is 0. The van der Waals surface area contributed by atoms with Crippen LogP contribution in [0.25, 0.3) is 67.1 Å². The summed E-state index contributed by atoms with van der Waals surface area (Å²) >= 11 is 0. The molecule has 1 atom stereocenters. The number of rotatable bonds is 11. The normalized spacial score (nSPS) is 11.7. The predicted octanol–water partition coefficient (Wildman–Crippen LogP) is 14.2. The van der Waals surface area contributed by atoms with Gasteiger partial charge in [0.2, 0.25) is 0 Å². The number of hydrogen-bond acceptors (Lipinski definition) is 2. The number of unbranched alkanes of at least 4 members (excludes halogenated alkanes) is 1. The summed E-state index contributed by atoms with van der Waals surface area (Å²) in [4.78, 5) is 9.17. The number of nitrogens with zero attached hydrogens (tertiary/aromatic N) is 5. The third-order valence-corrected chi connectivity index (χ3v) is 11.9. The summed E-state index contributed by atoms with van der Waals surface area (Å²) in [6.45, 7) is 16.5. The van der Waals surface area contributed by atoms with Crippen molar-refractivity contribution < 1.29 is 20.1 Å². The molecular formula is C55H55IrN5-2. The SMILES string of the molecule is CCCCC(CC)Cn1c2ccccc2c2ccc(-c3cc(C)c(-n4ccnc4-c4[c-]cccc4)c(C)c3)cc21.Cc1cc(C)c(-n2ccnc2-c2[c-]cccc2)c(C)c1.[Ir]. The Balaban J connectivity index is 0.000000224. The summed E-state index contributed by atoms with van der Waals surface area (Å²) in [7, 11) is 0. The minimum absolute atomic E-state index is 0. The van der Waals surface area contributed by atoms with Crippen molar-refractivity contribution >= 4 is 21.8 Å². The maximum atomic E-state index is 4.67. The van der Waals surface area contributed by atoms with Crippen LogP contribution in [0.2, 0.25) is 0 Å². The van der Waals surface area contributed by atoms with Crippen LogP contribution >= 0.6 is 0 Å². The fraction of sp³-hybridized carbons (Fsp3) is 0.236. The molecule has 1 radical (unpaired) electrons. The molecule has 0 saturated carbocycles. The zero-order valence-electron chi connectivity index (χ0n) is 36.5.